The molecule has 146 valence electrons. The van der Waals surface area contributed by atoms with Gasteiger partial charge in [0.25, 0.3) is 5.91 Å². The van der Waals surface area contributed by atoms with Crippen LogP contribution in [0.25, 0.3) is 0 Å². The molecule has 0 aliphatic heterocycles. The number of amides is 1. The summed E-state index contributed by atoms with van der Waals surface area (Å²) in [7, 11) is 0. The molecule has 0 unspecified atom stereocenters. The van der Waals surface area contributed by atoms with Crippen molar-refractivity contribution in [1.29, 1.82) is 0 Å². The quantitative estimate of drug-likeness (QED) is 0.419. The Morgan fingerprint density at radius 1 is 1.15 bits per heavy atom. The van der Waals surface area contributed by atoms with Gasteiger partial charge in [-0.1, -0.05) is 19.1 Å². The highest BCUT2D eigenvalue weighted by atomic mass is 16.5. The summed E-state index contributed by atoms with van der Waals surface area (Å²) in [5.74, 6) is 0.0570. The predicted molar refractivity (Wildman–Crippen MR) is 97.0 cm³/mol. The molecule has 0 saturated carbocycles. The second-order valence-corrected chi connectivity index (χ2v) is 5.56. The normalized spacial score (nSPS) is 10.4. The Hall–Kier alpha value is -2.12. The van der Waals surface area contributed by atoms with Crippen molar-refractivity contribution < 1.29 is 28.9 Å². The topological polar surface area (TPSA) is 85.3 Å². The summed E-state index contributed by atoms with van der Waals surface area (Å²) in [5.41, 5.74) is 1.13. The Labute approximate surface area is 154 Å². The van der Waals surface area contributed by atoms with Gasteiger partial charge < -0.3 is 24.2 Å². The fourth-order valence-electron chi connectivity index (χ4n) is 2.25. The van der Waals surface area contributed by atoms with Crippen molar-refractivity contribution in [2.24, 2.45) is 0 Å². The van der Waals surface area contributed by atoms with Crippen LogP contribution in [-0.4, -0.2) is 68.0 Å². The van der Waals surface area contributed by atoms with Crippen LogP contribution in [0.1, 0.15) is 25.8 Å². The number of aryl methyl sites for hydroxylation is 1. The molecule has 0 aliphatic rings. The summed E-state index contributed by atoms with van der Waals surface area (Å²) in [6.45, 7) is 4.94. The van der Waals surface area contributed by atoms with Gasteiger partial charge in [-0.2, -0.15) is 0 Å². The molecule has 0 heterocycles. The molecule has 0 spiro atoms. The number of esters is 1. The van der Waals surface area contributed by atoms with Crippen LogP contribution in [0.15, 0.2) is 24.3 Å². The fourth-order valence-corrected chi connectivity index (χ4v) is 2.25. The van der Waals surface area contributed by atoms with E-state index in [-0.39, 0.29) is 51.3 Å². The molecule has 0 atom stereocenters. The number of rotatable bonds is 13. The Bertz CT molecular complexity index is 549. The van der Waals surface area contributed by atoms with Gasteiger partial charge in [-0.05, 0) is 31.0 Å². The molecule has 1 aromatic rings. The van der Waals surface area contributed by atoms with E-state index in [2.05, 4.69) is 0 Å². The first kappa shape index (κ1) is 21.9. The largest absolute Gasteiger partial charge is 0.484 e. The number of aliphatic hydroxyl groups excluding tert-OH is 1. The first-order valence-electron chi connectivity index (χ1n) is 8.94. The molecular formula is C19H29NO6. The van der Waals surface area contributed by atoms with E-state index < -0.39 is 0 Å². The molecule has 0 saturated heterocycles. The van der Waals surface area contributed by atoms with E-state index in [4.69, 9.17) is 19.3 Å². The third-order valence-electron chi connectivity index (χ3n) is 3.65. The Morgan fingerprint density at radius 2 is 1.96 bits per heavy atom. The SMILES string of the molecule is CCOC(=O)CCN(CCOCCO)C(=O)COc1cccc(CC)c1. The van der Waals surface area contributed by atoms with E-state index >= 15 is 0 Å². The van der Waals surface area contributed by atoms with Crippen LogP contribution in [0.4, 0.5) is 0 Å². The molecule has 0 aliphatic carbocycles. The van der Waals surface area contributed by atoms with Crippen molar-refractivity contribution in [2.45, 2.75) is 26.7 Å². The summed E-state index contributed by atoms with van der Waals surface area (Å²) >= 11 is 0. The molecule has 0 aromatic heterocycles. The van der Waals surface area contributed by atoms with E-state index in [1.54, 1.807) is 13.0 Å². The van der Waals surface area contributed by atoms with E-state index in [1.807, 2.05) is 25.1 Å². The van der Waals surface area contributed by atoms with E-state index in [0.29, 0.717) is 18.9 Å². The van der Waals surface area contributed by atoms with Crippen molar-refractivity contribution in [3.8, 4) is 5.75 Å². The number of ether oxygens (including phenoxy) is 3. The molecule has 1 N–H and O–H groups in total. The standard InChI is InChI=1S/C19H29NO6/c1-3-16-6-5-7-17(14-16)26-15-18(22)20(10-12-24-13-11-21)9-8-19(23)25-4-2/h5-7,14,21H,3-4,8-13,15H2,1-2H3. The maximum absolute atomic E-state index is 12.4. The zero-order chi connectivity index (χ0) is 19.2. The van der Waals surface area contributed by atoms with E-state index in [1.165, 1.54) is 4.90 Å². The van der Waals surface area contributed by atoms with Crippen molar-refractivity contribution in [3.63, 3.8) is 0 Å². The number of hydrogen-bond donors (Lipinski definition) is 1. The van der Waals surface area contributed by atoms with Gasteiger partial charge in [0.2, 0.25) is 0 Å². The zero-order valence-electron chi connectivity index (χ0n) is 15.6. The maximum atomic E-state index is 12.4. The van der Waals surface area contributed by atoms with Gasteiger partial charge in [-0.3, -0.25) is 9.59 Å². The number of aliphatic hydroxyl groups is 1. The molecular weight excluding hydrogens is 338 g/mol. The minimum atomic E-state index is -0.349. The van der Waals surface area contributed by atoms with Gasteiger partial charge >= 0.3 is 5.97 Å². The second kappa shape index (κ2) is 13.1. The summed E-state index contributed by atoms with van der Waals surface area (Å²) in [6.07, 6.45) is 1.00. The third-order valence-corrected chi connectivity index (χ3v) is 3.65. The number of hydrogen-bond acceptors (Lipinski definition) is 6. The zero-order valence-corrected chi connectivity index (χ0v) is 15.6. The molecule has 0 fully saturated rings. The van der Waals surface area contributed by atoms with Crippen LogP contribution in [0, 0.1) is 0 Å². The number of benzene rings is 1. The van der Waals surface area contributed by atoms with Gasteiger partial charge in [-0.15, -0.1) is 0 Å². The maximum Gasteiger partial charge on any atom is 0.307 e. The lowest BCUT2D eigenvalue weighted by Gasteiger charge is -2.22. The van der Waals surface area contributed by atoms with Gasteiger partial charge in [0, 0.05) is 13.1 Å². The third kappa shape index (κ3) is 8.82. The molecule has 7 nitrogen and oxygen atoms in total. The van der Waals surface area contributed by atoms with Gasteiger partial charge in [-0.25, -0.2) is 0 Å². The fraction of sp³-hybridized carbons (Fsp3) is 0.579. The second-order valence-electron chi connectivity index (χ2n) is 5.56. The van der Waals surface area contributed by atoms with Crippen molar-refractivity contribution in [1.82, 2.24) is 4.90 Å². The van der Waals surface area contributed by atoms with Crippen LogP contribution < -0.4 is 4.74 Å². The highest BCUT2D eigenvalue weighted by Crippen LogP contribution is 2.13. The minimum absolute atomic E-state index is 0.0757. The minimum Gasteiger partial charge on any atom is -0.484 e. The molecule has 0 bridgehead atoms. The van der Waals surface area contributed by atoms with Gasteiger partial charge in [0.05, 0.1) is 32.8 Å². The Balaban J connectivity index is 2.55. The summed E-state index contributed by atoms with van der Waals surface area (Å²) < 4.78 is 15.7. The van der Waals surface area contributed by atoms with Crippen molar-refractivity contribution in [3.05, 3.63) is 29.8 Å². The highest BCUT2D eigenvalue weighted by Gasteiger charge is 2.16. The average molecular weight is 367 g/mol. The summed E-state index contributed by atoms with van der Waals surface area (Å²) in [5, 5.41) is 8.74. The van der Waals surface area contributed by atoms with E-state index in [9.17, 15) is 9.59 Å². The van der Waals surface area contributed by atoms with E-state index in [0.717, 1.165) is 12.0 Å². The van der Waals surface area contributed by atoms with Crippen molar-refractivity contribution in [2.75, 3.05) is 46.1 Å². The average Bonchev–Trinajstić information content (AvgIpc) is 2.66. The lowest BCUT2D eigenvalue weighted by molar-refractivity contribution is -0.144. The van der Waals surface area contributed by atoms with Crippen LogP contribution in [0.5, 0.6) is 5.75 Å². The Morgan fingerprint density at radius 3 is 2.65 bits per heavy atom. The molecule has 0 radical (unpaired) electrons. The predicted octanol–water partition coefficient (Wildman–Crippen LogP) is 1.42. The molecule has 7 heteroatoms. The first-order valence-corrected chi connectivity index (χ1v) is 8.94. The number of nitrogens with zero attached hydrogens (tertiary/aromatic N) is 1. The first-order chi connectivity index (χ1) is 12.6. The highest BCUT2D eigenvalue weighted by molar-refractivity contribution is 5.78. The Kier molecular flexibility index (Phi) is 11.1. The van der Waals surface area contributed by atoms with Crippen LogP contribution in [0.2, 0.25) is 0 Å². The lowest BCUT2D eigenvalue weighted by atomic mass is 10.2. The van der Waals surface area contributed by atoms with Crippen LogP contribution in [0.3, 0.4) is 0 Å². The van der Waals surface area contributed by atoms with Gasteiger partial charge in [0.1, 0.15) is 5.75 Å². The van der Waals surface area contributed by atoms with Crippen LogP contribution in [-0.2, 0) is 25.5 Å². The van der Waals surface area contributed by atoms with Gasteiger partial charge in [0.15, 0.2) is 6.61 Å². The molecule has 1 amide bonds. The smallest absolute Gasteiger partial charge is 0.307 e. The number of carbonyl (C=O) groups is 2. The summed E-state index contributed by atoms with van der Waals surface area (Å²) in [6, 6.07) is 7.60. The molecule has 26 heavy (non-hydrogen) atoms. The molecule has 1 rings (SSSR count). The monoisotopic (exact) mass is 367 g/mol. The van der Waals surface area contributed by atoms with Crippen molar-refractivity contribution >= 4 is 11.9 Å². The molecule has 1 aromatic carbocycles. The summed E-state index contributed by atoms with van der Waals surface area (Å²) in [4.78, 5) is 25.5. The lowest BCUT2D eigenvalue weighted by Crippen LogP contribution is -2.39. The van der Waals surface area contributed by atoms with Crippen LogP contribution >= 0.6 is 0 Å². The number of carbonyl (C=O) groups excluding carboxylic acids is 2.